The molecule has 2 aliphatic rings. The molecule has 3 aromatic heterocycles. The molecule has 1 saturated carbocycles. The number of benzene rings is 1. The van der Waals surface area contributed by atoms with Crippen LogP contribution in [0.15, 0.2) is 41.1 Å². The fourth-order valence-electron chi connectivity index (χ4n) is 5.61. The summed E-state index contributed by atoms with van der Waals surface area (Å²) in [5.74, 6) is 0.720. The predicted molar refractivity (Wildman–Crippen MR) is 136 cm³/mol. The fraction of sp³-hybridized carbons (Fsp3) is 0.320. The average Bonchev–Trinajstić information content (AvgIpc) is 3.48. The van der Waals surface area contributed by atoms with Gasteiger partial charge in [-0.1, -0.05) is 24.3 Å². The van der Waals surface area contributed by atoms with Crippen molar-refractivity contribution >= 4 is 55.6 Å². The fourth-order valence-corrected chi connectivity index (χ4v) is 5.95. The molecule has 0 unspecified atom stereocenters. The maximum absolute atomic E-state index is 11.0. The molecule has 174 valence electrons. The molecule has 3 heterocycles. The first kappa shape index (κ1) is 21.5. The van der Waals surface area contributed by atoms with E-state index in [-0.39, 0.29) is 12.0 Å². The molecule has 0 amide bonds. The van der Waals surface area contributed by atoms with Gasteiger partial charge in [-0.25, -0.2) is 15.0 Å². The number of hydrogen-bond donors (Lipinski definition) is 4. The molecule has 0 spiro atoms. The molecule has 2 aliphatic carbocycles. The van der Waals surface area contributed by atoms with E-state index in [1.807, 2.05) is 36.4 Å². The Balaban J connectivity index is 1.32. The standard InChI is InChI=1S/C25H25BrN6O2/c26-16-9-13-6-4-12(8-17(13)31-23(16)27)5-7-14-10-19(22(34)21(14)33)32-18-3-1-2-15(18)20-24(28)29-11-30-25(20)32/h4-9,11,14,19,21-22,33-34H,1-3,10H2,(H2,27,31)(H2,28,29,30)/b7-5+/t14-,19+,21+,22-/m0/s1. The van der Waals surface area contributed by atoms with Gasteiger partial charge in [0.25, 0.3) is 0 Å². The lowest BCUT2D eigenvalue weighted by molar-refractivity contribution is 0.0136. The van der Waals surface area contributed by atoms with Crippen LogP contribution in [0.2, 0.25) is 0 Å². The van der Waals surface area contributed by atoms with E-state index < -0.39 is 12.2 Å². The number of halogens is 1. The van der Waals surface area contributed by atoms with Crippen LogP contribution >= 0.6 is 15.9 Å². The van der Waals surface area contributed by atoms with Gasteiger partial charge in [-0.05, 0) is 64.9 Å². The molecule has 6 N–H and O–H groups in total. The smallest absolute Gasteiger partial charge is 0.146 e. The summed E-state index contributed by atoms with van der Waals surface area (Å²) in [4.78, 5) is 13.1. The zero-order valence-corrected chi connectivity index (χ0v) is 20.0. The van der Waals surface area contributed by atoms with Gasteiger partial charge in [-0.3, -0.25) is 0 Å². The van der Waals surface area contributed by atoms with E-state index in [0.29, 0.717) is 18.1 Å². The number of aryl methyl sites for hydroxylation is 1. The van der Waals surface area contributed by atoms with E-state index in [1.54, 1.807) is 0 Å². The summed E-state index contributed by atoms with van der Waals surface area (Å²) in [7, 11) is 0. The van der Waals surface area contributed by atoms with Crippen LogP contribution in [0.4, 0.5) is 11.6 Å². The van der Waals surface area contributed by atoms with Crippen molar-refractivity contribution in [2.45, 2.75) is 43.9 Å². The SMILES string of the molecule is Nc1nc2cc(/C=C/[C@H]3C[C@@H](n4c5c(c6c(N)ncnc64)CCC5)[C@H](O)[C@@H]3O)ccc2cc1Br. The summed E-state index contributed by atoms with van der Waals surface area (Å²) < 4.78 is 2.88. The quantitative estimate of drug-likeness (QED) is 0.325. The van der Waals surface area contributed by atoms with E-state index in [4.69, 9.17) is 11.5 Å². The number of rotatable bonds is 3. The maximum atomic E-state index is 11.0. The Kier molecular flexibility index (Phi) is 5.09. The van der Waals surface area contributed by atoms with Gasteiger partial charge in [0.2, 0.25) is 0 Å². The van der Waals surface area contributed by atoms with Gasteiger partial charge in [0.1, 0.15) is 29.7 Å². The van der Waals surface area contributed by atoms with Gasteiger partial charge in [0.05, 0.1) is 27.5 Å². The minimum Gasteiger partial charge on any atom is -0.390 e. The summed E-state index contributed by atoms with van der Waals surface area (Å²) >= 11 is 3.41. The van der Waals surface area contributed by atoms with Crippen molar-refractivity contribution in [3.8, 4) is 0 Å². The van der Waals surface area contributed by atoms with Crippen molar-refractivity contribution in [2.75, 3.05) is 11.5 Å². The summed E-state index contributed by atoms with van der Waals surface area (Å²) in [5, 5.41) is 23.8. The average molecular weight is 521 g/mol. The van der Waals surface area contributed by atoms with Gasteiger partial charge in [0.15, 0.2) is 0 Å². The first-order chi connectivity index (χ1) is 16.4. The highest BCUT2D eigenvalue weighted by Crippen LogP contribution is 2.43. The molecule has 8 nitrogen and oxygen atoms in total. The number of pyridine rings is 1. The summed E-state index contributed by atoms with van der Waals surface area (Å²) in [6, 6.07) is 7.64. The van der Waals surface area contributed by atoms with E-state index >= 15 is 0 Å². The largest absolute Gasteiger partial charge is 0.390 e. The molecule has 4 aromatic rings. The van der Waals surface area contributed by atoms with Gasteiger partial charge in [0, 0.05) is 17.0 Å². The molecule has 9 heteroatoms. The predicted octanol–water partition coefficient (Wildman–Crippen LogP) is 3.39. The highest BCUT2D eigenvalue weighted by molar-refractivity contribution is 9.10. The topological polar surface area (TPSA) is 136 Å². The number of aromatic nitrogens is 4. The van der Waals surface area contributed by atoms with Crippen LogP contribution in [0, 0.1) is 5.92 Å². The third-order valence-electron chi connectivity index (χ3n) is 7.25. The second-order valence-electron chi connectivity index (χ2n) is 9.22. The van der Waals surface area contributed by atoms with Crippen molar-refractivity contribution in [1.29, 1.82) is 0 Å². The normalized spacial score (nSPS) is 24.6. The van der Waals surface area contributed by atoms with Crippen LogP contribution in [0.25, 0.3) is 28.0 Å². The van der Waals surface area contributed by atoms with Gasteiger partial charge < -0.3 is 26.2 Å². The number of fused-ring (bicyclic) bond motifs is 4. The first-order valence-electron chi connectivity index (χ1n) is 11.4. The third kappa shape index (κ3) is 3.30. The van der Waals surface area contributed by atoms with Crippen LogP contribution in [0.1, 0.15) is 35.7 Å². The van der Waals surface area contributed by atoms with Gasteiger partial charge >= 0.3 is 0 Å². The Morgan fingerprint density at radius 2 is 1.91 bits per heavy atom. The number of nitrogen functional groups attached to an aromatic ring is 2. The lowest BCUT2D eigenvalue weighted by atomic mass is 10.0. The number of aliphatic hydroxyl groups excluding tert-OH is 2. The Hall–Kier alpha value is -3.01. The Morgan fingerprint density at radius 1 is 1.06 bits per heavy atom. The molecule has 4 atom stereocenters. The van der Waals surface area contributed by atoms with E-state index in [2.05, 4.69) is 35.4 Å². The van der Waals surface area contributed by atoms with Crippen LogP contribution in [0.3, 0.4) is 0 Å². The Labute approximate surface area is 204 Å². The molecular formula is C25H25BrN6O2. The molecule has 0 saturated heterocycles. The monoisotopic (exact) mass is 520 g/mol. The molecule has 0 bridgehead atoms. The highest BCUT2D eigenvalue weighted by Gasteiger charge is 2.43. The second kappa shape index (κ2) is 8.04. The number of anilines is 2. The second-order valence-corrected chi connectivity index (χ2v) is 10.1. The summed E-state index contributed by atoms with van der Waals surface area (Å²) in [5.41, 5.74) is 17.0. The number of nitrogens with zero attached hydrogens (tertiary/aromatic N) is 4. The summed E-state index contributed by atoms with van der Waals surface area (Å²) in [6.45, 7) is 0. The molecular weight excluding hydrogens is 496 g/mol. The Bertz CT molecular complexity index is 1470. The van der Waals surface area contributed by atoms with E-state index in [9.17, 15) is 10.2 Å². The first-order valence-corrected chi connectivity index (χ1v) is 12.2. The van der Waals surface area contributed by atoms with Gasteiger partial charge in [-0.2, -0.15) is 0 Å². The van der Waals surface area contributed by atoms with Crippen molar-refractivity contribution in [1.82, 2.24) is 19.5 Å². The molecule has 34 heavy (non-hydrogen) atoms. The molecule has 1 aromatic carbocycles. The number of aliphatic hydroxyl groups is 2. The van der Waals surface area contributed by atoms with Crippen molar-refractivity contribution in [3.05, 3.63) is 58.0 Å². The minimum atomic E-state index is -0.901. The van der Waals surface area contributed by atoms with Crippen LogP contribution in [-0.4, -0.2) is 41.9 Å². The Morgan fingerprint density at radius 3 is 2.76 bits per heavy atom. The van der Waals surface area contributed by atoms with Crippen LogP contribution in [-0.2, 0) is 12.8 Å². The van der Waals surface area contributed by atoms with Crippen molar-refractivity contribution in [2.24, 2.45) is 5.92 Å². The zero-order valence-electron chi connectivity index (χ0n) is 18.4. The number of nitrogens with two attached hydrogens (primary N) is 2. The lowest BCUT2D eigenvalue weighted by Gasteiger charge is -2.21. The summed E-state index contributed by atoms with van der Waals surface area (Å²) in [6.07, 6.45) is 7.13. The van der Waals surface area contributed by atoms with Crippen LogP contribution in [0.5, 0.6) is 0 Å². The molecule has 0 radical (unpaired) electrons. The van der Waals surface area contributed by atoms with Crippen molar-refractivity contribution in [3.63, 3.8) is 0 Å². The van der Waals surface area contributed by atoms with Gasteiger partial charge in [-0.15, -0.1) is 0 Å². The maximum Gasteiger partial charge on any atom is 0.146 e. The zero-order chi connectivity index (χ0) is 23.6. The number of hydrogen-bond acceptors (Lipinski definition) is 7. The molecule has 6 rings (SSSR count). The van der Waals surface area contributed by atoms with Crippen LogP contribution < -0.4 is 11.5 Å². The van der Waals surface area contributed by atoms with Crippen molar-refractivity contribution < 1.29 is 10.2 Å². The minimum absolute atomic E-state index is 0.202. The molecule has 0 aliphatic heterocycles. The van der Waals surface area contributed by atoms with E-state index in [1.165, 1.54) is 11.9 Å². The third-order valence-corrected chi connectivity index (χ3v) is 7.89. The van der Waals surface area contributed by atoms with E-state index in [0.717, 1.165) is 56.9 Å². The molecule has 1 fully saturated rings. The highest BCUT2D eigenvalue weighted by atomic mass is 79.9. The lowest BCUT2D eigenvalue weighted by Crippen LogP contribution is -2.29.